The largest absolute Gasteiger partial charge is 0.326 e. The van der Waals surface area contributed by atoms with Crippen molar-refractivity contribution in [3.63, 3.8) is 0 Å². The number of nitrogens with one attached hydrogen (secondary N) is 2. The van der Waals surface area contributed by atoms with E-state index in [-0.39, 0.29) is 22.5 Å². The summed E-state index contributed by atoms with van der Waals surface area (Å²) in [5.74, 6) is -0.747. The van der Waals surface area contributed by atoms with E-state index in [1.807, 2.05) is 0 Å². The molecule has 0 spiro atoms. The van der Waals surface area contributed by atoms with Gasteiger partial charge in [-0.3, -0.25) is 19.7 Å². The zero-order valence-electron chi connectivity index (χ0n) is 14.6. The van der Waals surface area contributed by atoms with E-state index in [4.69, 9.17) is 11.6 Å². The van der Waals surface area contributed by atoms with Gasteiger partial charge in [0.2, 0.25) is 5.91 Å². The maximum absolute atomic E-state index is 12.1. The molecule has 0 aliphatic carbocycles. The van der Waals surface area contributed by atoms with Gasteiger partial charge in [-0.1, -0.05) is 25.4 Å². The van der Waals surface area contributed by atoms with Gasteiger partial charge in [-0.25, -0.2) is 5.43 Å². The molecule has 9 heteroatoms. The molecular formula is C18H17ClN4O4. The van der Waals surface area contributed by atoms with E-state index in [9.17, 15) is 19.7 Å². The lowest BCUT2D eigenvalue weighted by molar-refractivity contribution is -0.384. The summed E-state index contributed by atoms with van der Waals surface area (Å²) in [7, 11) is 0. The SMILES string of the molecule is CC(C)C(=O)Nc1ccc(C(=O)NN=Cc2cc([N+](=O)[O-])ccc2Cl)cc1. The van der Waals surface area contributed by atoms with Crippen molar-refractivity contribution < 1.29 is 14.5 Å². The average molecular weight is 389 g/mol. The molecule has 2 N–H and O–H groups in total. The normalized spacial score (nSPS) is 10.8. The maximum atomic E-state index is 12.1. The number of nitro benzene ring substituents is 1. The third kappa shape index (κ3) is 5.61. The first-order chi connectivity index (χ1) is 12.8. The fourth-order valence-corrected chi connectivity index (χ4v) is 2.13. The van der Waals surface area contributed by atoms with Crippen LogP contribution >= 0.6 is 11.6 Å². The highest BCUT2D eigenvalue weighted by Crippen LogP contribution is 2.20. The lowest BCUT2D eigenvalue weighted by Crippen LogP contribution is -2.19. The zero-order chi connectivity index (χ0) is 20.0. The standard InChI is InChI=1S/C18H17ClN4O4/c1-11(2)17(24)21-14-5-3-12(4-6-14)18(25)22-20-10-13-9-15(23(26)27)7-8-16(13)19/h3-11H,1-2H3,(H,21,24)(H,22,25). The second kappa shape index (κ2) is 8.91. The minimum atomic E-state index is -0.550. The van der Waals surface area contributed by atoms with Crippen LogP contribution in [-0.4, -0.2) is 23.0 Å². The Bertz CT molecular complexity index is 895. The molecule has 8 nitrogen and oxygen atoms in total. The van der Waals surface area contributed by atoms with Gasteiger partial charge in [0.25, 0.3) is 11.6 Å². The molecule has 0 saturated carbocycles. The topological polar surface area (TPSA) is 114 Å². The summed E-state index contributed by atoms with van der Waals surface area (Å²) in [6, 6.07) is 10.2. The van der Waals surface area contributed by atoms with E-state index < -0.39 is 10.8 Å². The number of carbonyl (C=O) groups excluding carboxylic acids is 2. The molecule has 0 heterocycles. The number of hydrogen-bond acceptors (Lipinski definition) is 5. The first-order valence-electron chi connectivity index (χ1n) is 7.96. The summed E-state index contributed by atoms with van der Waals surface area (Å²) >= 11 is 5.95. The van der Waals surface area contributed by atoms with E-state index in [2.05, 4.69) is 15.8 Å². The Morgan fingerprint density at radius 1 is 1.19 bits per heavy atom. The fourth-order valence-electron chi connectivity index (χ4n) is 1.96. The molecule has 2 amide bonds. The van der Waals surface area contributed by atoms with Crippen molar-refractivity contribution in [3.05, 3.63) is 68.7 Å². The number of hydrazone groups is 1. The number of amides is 2. The molecule has 2 aromatic carbocycles. The van der Waals surface area contributed by atoms with E-state index in [0.29, 0.717) is 16.8 Å². The average Bonchev–Trinajstić information content (AvgIpc) is 2.63. The Hall–Kier alpha value is -3.26. The molecule has 27 heavy (non-hydrogen) atoms. The monoisotopic (exact) mass is 388 g/mol. The van der Waals surface area contributed by atoms with E-state index >= 15 is 0 Å². The highest BCUT2D eigenvalue weighted by Gasteiger charge is 2.10. The number of halogens is 1. The Morgan fingerprint density at radius 2 is 1.85 bits per heavy atom. The van der Waals surface area contributed by atoms with Gasteiger partial charge < -0.3 is 5.32 Å². The third-order valence-corrected chi connectivity index (χ3v) is 3.84. The molecule has 0 aliphatic heterocycles. The maximum Gasteiger partial charge on any atom is 0.271 e. The van der Waals surface area contributed by atoms with Gasteiger partial charge in [-0.2, -0.15) is 5.10 Å². The first kappa shape index (κ1) is 20.1. The van der Waals surface area contributed by atoms with Crippen LogP contribution in [0.15, 0.2) is 47.6 Å². The van der Waals surface area contributed by atoms with Crippen LogP contribution in [0.4, 0.5) is 11.4 Å². The molecule has 0 aliphatic rings. The molecule has 0 bridgehead atoms. The van der Waals surface area contributed by atoms with E-state index in [1.54, 1.807) is 38.1 Å². The molecule has 0 fully saturated rings. The molecule has 0 atom stereocenters. The lowest BCUT2D eigenvalue weighted by Gasteiger charge is -2.08. The molecule has 2 rings (SSSR count). The number of non-ortho nitro benzene ring substituents is 1. The summed E-state index contributed by atoms with van der Waals surface area (Å²) in [4.78, 5) is 34.0. The number of anilines is 1. The second-order valence-electron chi connectivity index (χ2n) is 5.88. The zero-order valence-corrected chi connectivity index (χ0v) is 15.4. The van der Waals surface area contributed by atoms with Crippen LogP contribution in [0.5, 0.6) is 0 Å². The Morgan fingerprint density at radius 3 is 2.44 bits per heavy atom. The van der Waals surface area contributed by atoms with Crippen molar-refractivity contribution in [2.75, 3.05) is 5.32 Å². The third-order valence-electron chi connectivity index (χ3n) is 3.50. The van der Waals surface area contributed by atoms with Gasteiger partial charge in [0.1, 0.15) is 0 Å². The van der Waals surface area contributed by atoms with Crippen LogP contribution in [0.2, 0.25) is 5.02 Å². The molecule has 2 aromatic rings. The van der Waals surface area contributed by atoms with Crippen LogP contribution in [0.3, 0.4) is 0 Å². The van der Waals surface area contributed by atoms with Crippen LogP contribution in [-0.2, 0) is 4.79 Å². The minimum absolute atomic E-state index is 0.120. The molecule has 0 aromatic heterocycles. The molecule has 0 saturated heterocycles. The van der Waals surface area contributed by atoms with Gasteiger partial charge in [0.05, 0.1) is 11.1 Å². The first-order valence-corrected chi connectivity index (χ1v) is 8.34. The lowest BCUT2D eigenvalue weighted by atomic mass is 10.1. The van der Waals surface area contributed by atoms with Crippen molar-refractivity contribution in [1.29, 1.82) is 0 Å². The summed E-state index contributed by atoms with van der Waals surface area (Å²) < 4.78 is 0. The van der Waals surface area contributed by atoms with Gasteiger partial charge in [-0.15, -0.1) is 0 Å². The summed E-state index contributed by atoms with van der Waals surface area (Å²) in [6.45, 7) is 3.56. The Kier molecular flexibility index (Phi) is 6.62. The Labute approximate surface area is 160 Å². The van der Waals surface area contributed by atoms with Crippen molar-refractivity contribution in [2.24, 2.45) is 11.0 Å². The molecular weight excluding hydrogens is 372 g/mol. The number of rotatable bonds is 6. The summed E-state index contributed by atoms with van der Waals surface area (Å²) in [6.07, 6.45) is 1.23. The van der Waals surface area contributed by atoms with E-state index in [1.165, 1.54) is 24.4 Å². The highest BCUT2D eigenvalue weighted by atomic mass is 35.5. The van der Waals surface area contributed by atoms with E-state index in [0.717, 1.165) is 0 Å². The fraction of sp³-hybridized carbons (Fsp3) is 0.167. The van der Waals surface area contributed by atoms with Crippen molar-refractivity contribution in [2.45, 2.75) is 13.8 Å². The second-order valence-corrected chi connectivity index (χ2v) is 6.29. The Balaban J connectivity index is 2.01. The minimum Gasteiger partial charge on any atom is -0.326 e. The predicted molar refractivity (Wildman–Crippen MR) is 103 cm³/mol. The predicted octanol–water partition coefficient (Wildman–Crippen LogP) is 3.61. The summed E-state index contributed by atoms with van der Waals surface area (Å²) in [5, 5.41) is 17.5. The number of hydrogen-bond donors (Lipinski definition) is 2. The van der Waals surface area contributed by atoms with Crippen LogP contribution in [0, 0.1) is 16.0 Å². The molecule has 0 radical (unpaired) electrons. The number of nitrogens with zero attached hydrogens (tertiary/aromatic N) is 2. The number of benzene rings is 2. The van der Waals surface area contributed by atoms with Crippen molar-refractivity contribution in [3.8, 4) is 0 Å². The van der Waals surface area contributed by atoms with Crippen LogP contribution < -0.4 is 10.7 Å². The summed E-state index contributed by atoms with van der Waals surface area (Å²) in [5.41, 5.74) is 3.40. The van der Waals surface area contributed by atoms with Crippen molar-refractivity contribution >= 4 is 41.0 Å². The van der Waals surface area contributed by atoms with Gasteiger partial charge >= 0.3 is 0 Å². The van der Waals surface area contributed by atoms with Gasteiger partial charge in [-0.05, 0) is 30.3 Å². The van der Waals surface area contributed by atoms with Crippen LogP contribution in [0.1, 0.15) is 29.8 Å². The molecule has 140 valence electrons. The van der Waals surface area contributed by atoms with Gasteiger partial charge in [0.15, 0.2) is 0 Å². The van der Waals surface area contributed by atoms with Crippen molar-refractivity contribution in [1.82, 2.24) is 5.43 Å². The quantitative estimate of drug-likeness (QED) is 0.447. The smallest absolute Gasteiger partial charge is 0.271 e. The highest BCUT2D eigenvalue weighted by molar-refractivity contribution is 6.33. The molecule has 0 unspecified atom stereocenters. The van der Waals surface area contributed by atoms with Gasteiger partial charge in [0, 0.05) is 39.9 Å². The number of carbonyl (C=O) groups is 2. The number of nitro groups is 1. The van der Waals surface area contributed by atoms with Crippen LogP contribution in [0.25, 0.3) is 0 Å².